The molecule has 0 bridgehead atoms. The van der Waals surface area contributed by atoms with Crippen LogP contribution in [0, 0.1) is 72.7 Å². The van der Waals surface area contributed by atoms with Gasteiger partial charge in [0.2, 0.25) is 0 Å². The predicted molar refractivity (Wildman–Crippen MR) is 426 cm³/mol. The number of pyridine rings is 5. The first-order valence-electron chi connectivity index (χ1n) is 36.5. The van der Waals surface area contributed by atoms with E-state index in [-0.39, 0.29) is 92.3 Å². The van der Waals surface area contributed by atoms with E-state index in [9.17, 15) is 0 Å². The zero-order valence-corrected chi connectivity index (χ0v) is 71.8. The summed E-state index contributed by atoms with van der Waals surface area (Å²) >= 11 is 0. The maximum atomic E-state index is 4.83. The Kier molecular flexibility index (Phi) is 21.4. The average molecular weight is 2140 g/mol. The van der Waals surface area contributed by atoms with Crippen LogP contribution in [0.2, 0.25) is 0 Å². The summed E-state index contributed by atoms with van der Waals surface area (Å²) in [6.07, 6.45) is 14.8. The first-order valence-corrected chi connectivity index (χ1v) is 36.5. The molecule has 0 N–H and O–H groups in total. The van der Waals surface area contributed by atoms with Gasteiger partial charge in [-0.05, 0) is 142 Å². The Morgan fingerprint density at radius 2 is 0.844 bits per heavy atom. The molecule has 15 nitrogen and oxygen atoms in total. The molecule has 2 aliphatic rings. The molecule has 2 aliphatic heterocycles. The Morgan fingerprint density at radius 1 is 0.413 bits per heavy atom. The number of hydrogen-bond donors (Lipinski definition) is 0. The topological polar surface area (TPSA) is 142 Å². The van der Waals surface area contributed by atoms with Crippen LogP contribution in [-0.2, 0) is 93.3 Å². The average Bonchev–Trinajstić information content (AvgIpc) is 1.73. The Hall–Kier alpha value is -9.63. The quantitative estimate of drug-likeness (QED) is 0.121. The number of nitrogens with zero attached hydrogens (tertiary/aromatic N) is 15. The fourth-order valence-electron chi connectivity index (χ4n) is 16.9. The van der Waals surface area contributed by atoms with E-state index in [1.165, 1.54) is 115 Å². The fourth-order valence-corrected chi connectivity index (χ4v) is 16.9. The van der Waals surface area contributed by atoms with E-state index in [2.05, 4.69) is 247 Å². The Balaban J connectivity index is 0.000000120. The van der Waals surface area contributed by atoms with Crippen LogP contribution in [0.4, 0.5) is 5.69 Å². The van der Waals surface area contributed by atoms with E-state index in [4.69, 9.17) is 19.9 Å². The molecule has 19 heteroatoms. The van der Waals surface area contributed by atoms with E-state index in [1.807, 2.05) is 88.0 Å². The number of imidazole rings is 4. The van der Waals surface area contributed by atoms with Gasteiger partial charge in [0.05, 0.1) is 51.6 Å². The summed E-state index contributed by atoms with van der Waals surface area (Å²) in [5.74, 6) is 4.18. The van der Waals surface area contributed by atoms with Crippen LogP contribution in [0.1, 0.15) is 115 Å². The molecule has 0 fully saturated rings. The minimum Gasteiger partial charge on any atom is -0.371 e. The maximum Gasteiger partial charge on any atom is 0.141 e. The number of hydrogen-bond acceptors (Lipinski definition) is 10. The van der Waals surface area contributed by atoms with Gasteiger partial charge in [0.1, 0.15) is 23.3 Å². The zero-order valence-electron chi connectivity index (χ0n) is 62.3. The van der Waals surface area contributed by atoms with Gasteiger partial charge in [-0.1, -0.05) is 104 Å². The van der Waals surface area contributed by atoms with Gasteiger partial charge in [-0.15, -0.1) is 129 Å². The summed E-state index contributed by atoms with van der Waals surface area (Å²) in [5, 5.41) is 23.1. The Morgan fingerprint density at radius 3 is 1.35 bits per heavy atom. The third-order valence-electron chi connectivity index (χ3n) is 21.6. The second-order valence-electron chi connectivity index (χ2n) is 28.6. The molecule has 0 aliphatic carbocycles. The number of rotatable bonds is 5. The van der Waals surface area contributed by atoms with Crippen LogP contribution in [0.15, 0.2) is 183 Å². The largest absolute Gasteiger partial charge is 0.371 e. The van der Waals surface area contributed by atoms with E-state index < -0.39 is 0 Å². The molecule has 109 heavy (non-hydrogen) atoms. The normalized spacial score (nSPS) is 12.5. The van der Waals surface area contributed by atoms with E-state index >= 15 is 0 Å². The molecule has 4 radical (unpaired) electrons. The third kappa shape index (κ3) is 12.6. The number of anilines is 1. The van der Waals surface area contributed by atoms with Crippen molar-refractivity contribution in [3.05, 3.63) is 269 Å². The summed E-state index contributed by atoms with van der Waals surface area (Å²) in [6.45, 7) is 25.5. The van der Waals surface area contributed by atoms with Crippen LogP contribution in [0.25, 0.3) is 138 Å². The van der Waals surface area contributed by atoms with Gasteiger partial charge >= 0.3 is 0 Å². The summed E-state index contributed by atoms with van der Waals surface area (Å²) in [7, 11) is 0. The van der Waals surface area contributed by atoms with Crippen molar-refractivity contribution in [2.24, 2.45) is 0 Å². The van der Waals surface area contributed by atoms with Crippen molar-refractivity contribution in [3.63, 3.8) is 0 Å². The first-order chi connectivity index (χ1) is 51.2. The number of para-hydroxylation sites is 3. The molecular formula is C90H77Ir4N15-4. The van der Waals surface area contributed by atoms with Gasteiger partial charge in [0.25, 0.3) is 0 Å². The molecule has 0 spiro atoms. The van der Waals surface area contributed by atoms with Gasteiger partial charge in [0.15, 0.2) is 0 Å². The first kappa shape index (κ1) is 76.1. The standard InChI is InChI=1S/C24H20N3.C23H22N5.C22H17N4.C21H18N3.4Ir/c1-14-16(3)26-17(4)15(2)23(14)22-13-25-24-20-11-6-5-9-18(20)19-10-7-8-12-21(19)27(22)24;1-14(2)21-25-26-22(15(3)4)28(21)20-13-24-23-18-11-6-5-9-16(18)17-10-7-8-12-19(17)27(20)23;1-13-21(14(2)25-15(3)24-13)20-12-23-22-18-10-5-4-8-16(18)17-9-6-7-11-19(17)26(20)22;1-2-7-16-15(6-1)19-17-8-4-11-23-10-3-5-14(20(17)23)13-18(19)24-12-9-22-21(16)24;;;;/h5-10,12-13H,1-4H3;5-10,12-15H,1-4H3;4-9,11-12H,1-3H3;1-2,6,9,12-13H,3-5,8,10-11H2;;;;/q4*-1;;;;. The molecule has 0 amide bonds. The van der Waals surface area contributed by atoms with Crippen molar-refractivity contribution in [2.45, 2.75) is 114 Å². The molecule has 11 aromatic heterocycles. The van der Waals surface area contributed by atoms with Crippen molar-refractivity contribution in [2.75, 3.05) is 18.0 Å². The molecule has 552 valence electrons. The van der Waals surface area contributed by atoms with Crippen molar-refractivity contribution in [3.8, 4) is 28.3 Å². The molecule has 21 rings (SSSR count). The van der Waals surface area contributed by atoms with Gasteiger partial charge in [-0.2, -0.15) is 0 Å². The fraction of sp³-hybridized carbons (Fsp3) is 0.211. The van der Waals surface area contributed by atoms with E-state index in [0.29, 0.717) is 0 Å². The second kappa shape index (κ2) is 30.7. The van der Waals surface area contributed by atoms with Crippen LogP contribution >= 0.6 is 0 Å². The van der Waals surface area contributed by atoms with Gasteiger partial charge in [0, 0.05) is 180 Å². The Labute approximate surface area is 686 Å². The molecule has 0 unspecified atom stereocenters. The number of aryl methyl sites for hydroxylation is 7. The predicted octanol–water partition coefficient (Wildman–Crippen LogP) is 20.0. The van der Waals surface area contributed by atoms with Crippen LogP contribution in [-0.4, -0.2) is 80.3 Å². The summed E-state index contributed by atoms with van der Waals surface area (Å²) < 4.78 is 11.1. The summed E-state index contributed by atoms with van der Waals surface area (Å²) in [4.78, 5) is 35.5. The minimum absolute atomic E-state index is 0. The van der Waals surface area contributed by atoms with Crippen molar-refractivity contribution >= 4 is 115 Å². The number of aromatic nitrogens is 14. The molecule has 0 saturated heterocycles. The summed E-state index contributed by atoms with van der Waals surface area (Å²) in [5.41, 5.74) is 24.0. The van der Waals surface area contributed by atoms with Crippen molar-refractivity contribution in [1.29, 1.82) is 0 Å². The number of fused-ring (bicyclic) bond motifs is 25. The van der Waals surface area contributed by atoms with Gasteiger partial charge in [-0.3, -0.25) is 29.5 Å². The van der Waals surface area contributed by atoms with Crippen molar-refractivity contribution in [1.82, 2.24) is 67.3 Å². The molecule has 13 heterocycles. The van der Waals surface area contributed by atoms with Crippen LogP contribution in [0.3, 0.4) is 0 Å². The smallest absolute Gasteiger partial charge is 0.141 e. The minimum atomic E-state index is 0. The van der Waals surface area contributed by atoms with Crippen molar-refractivity contribution < 1.29 is 80.4 Å². The molecule has 0 atom stereocenters. The zero-order chi connectivity index (χ0) is 71.6. The van der Waals surface area contributed by atoms with E-state index in [0.717, 1.165) is 124 Å². The summed E-state index contributed by atoms with van der Waals surface area (Å²) in [6, 6.07) is 66.2. The van der Waals surface area contributed by atoms with E-state index in [1.54, 1.807) is 5.56 Å². The van der Waals surface area contributed by atoms with Gasteiger partial charge in [-0.25, -0.2) is 9.97 Å². The maximum absolute atomic E-state index is 4.83. The van der Waals surface area contributed by atoms with Crippen LogP contribution in [0.5, 0.6) is 0 Å². The SMILES string of the molecule is CC(C)c1nnc(C(C)C)n1-c1cnc2c3[c-]cccc3c3ccccc3n12.Cc1nc(C)c(-c2cnc3c4[c-]cccc4c4ccccc4n23)c(C)n1.Cc1nc(C)c(C)c(-c2cnc3c4[c-]cccc4c4ccccc4n23)c1C.[Ir].[Ir].[Ir].[Ir].[c-]1cccc2c1c1nccn1c1cc3c4c(c21)CCCN4CCC3. The molecule has 19 aromatic rings. The van der Waals surface area contributed by atoms with Crippen LogP contribution < -0.4 is 4.90 Å². The molecular weight excluding hydrogens is 2060 g/mol. The Bertz CT molecular complexity index is 6680. The number of benzene rings is 8. The monoisotopic (exact) mass is 2140 g/mol. The molecule has 0 saturated carbocycles. The van der Waals surface area contributed by atoms with Gasteiger partial charge < -0.3 is 22.5 Å². The third-order valence-corrected chi connectivity index (χ3v) is 21.6. The second-order valence-corrected chi connectivity index (χ2v) is 28.6. The molecule has 8 aromatic carbocycles.